The van der Waals surface area contributed by atoms with Crippen LogP contribution in [0.4, 0.5) is 0 Å². The Morgan fingerprint density at radius 3 is 2.12 bits per heavy atom. The predicted octanol–water partition coefficient (Wildman–Crippen LogP) is 3.98. The van der Waals surface area contributed by atoms with E-state index in [1.54, 1.807) is 12.1 Å². The molecule has 0 aliphatic heterocycles. The minimum absolute atomic E-state index is 0.0922. The molecule has 0 aliphatic rings. The number of hydrogen-bond acceptors (Lipinski definition) is 3. The molecule has 1 atom stereocenters. The highest BCUT2D eigenvalue weighted by molar-refractivity contribution is 5.94. The summed E-state index contributed by atoms with van der Waals surface area (Å²) >= 11 is 0. The van der Waals surface area contributed by atoms with Gasteiger partial charge in [0.1, 0.15) is 18.1 Å². The third-order valence-corrected chi connectivity index (χ3v) is 3.39. The second-order valence-corrected chi connectivity index (χ2v) is 6.19. The summed E-state index contributed by atoms with van der Waals surface area (Å²) in [6.45, 7) is 8.31. The lowest BCUT2D eigenvalue weighted by molar-refractivity contribution is 0.0926. The second kappa shape index (κ2) is 8.39. The molecule has 1 N–H and O–H groups in total. The lowest BCUT2D eigenvalue weighted by Crippen LogP contribution is -2.36. The van der Waals surface area contributed by atoms with Crippen LogP contribution in [0.15, 0.2) is 48.5 Å². The van der Waals surface area contributed by atoms with Crippen LogP contribution in [0.1, 0.15) is 36.7 Å². The zero-order chi connectivity index (χ0) is 17.5. The first-order chi connectivity index (χ1) is 11.4. The van der Waals surface area contributed by atoms with Gasteiger partial charge in [-0.1, -0.05) is 17.7 Å². The van der Waals surface area contributed by atoms with Crippen LogP contribution < -0.4 is 14.8 Å². The van der Waals surface area contributed by atoms with E-state index >= 15 is 0 Å². The van der Waals surface area contributed by atoms with Crippen LogP contribution >= 0.6 is 0 Å². The van der Waals surface area contributed by atoms with E-state index in [1.165, 1.54) is 5.56 Å². The minimum Gasteiger partial charge on any atom is -0.491 e. The van der Waals surface area contributed by atoms with Crippen molar-refractivity contribution in [3.63, 3.8) is 0 Å². The van der Waals surface area contributed by atoms with E-state index in [0.29, 0.717) is 12.2 Å². The normalized spacial score (nSPS) is 11.9. The number of ether oxygens (including phenoxy) is 2. The third-order valence-electron chi connectivity index (χ3n) is 3.39. The molecule has 4 nitrogen and oxygen atoms in total. The maximum atomic E-state index is 12.2. The fourth-order valence-electron chi connectivity index (χ4n) is 2.16. The van der Waals surface area contributed by atoms with Crippen LogP contribution in [0, 0.1) is 6.92 Å². The Labute approximate surface area is 143 Å². The number of amides is 1. The van der Waals surface area contributed by atoms with E-state index in [-0.39, 0.29) is 18.1 Å². The Morgan fingerprint density at radius 2 is 1.54 bits per heavy atom. The van der Waals surface area contributed by atoms with Gasteiger partial charge in [0, 0.05) is 5.56 Å². The summed E-state index contributed by atoms with van der Waals surface area (Å²) < 4.78 is 11.3. The molecule has 24 heavy (non-hydrogen) atoms. The fourth-order valence-corrected chi connectivity index (χ4v) is 2.16. The SMILES string of the molecule is Cc1ccc(OC[C@H](C)NC(=O)c2ccc(OC(C)C)cc2)cc1. The van der Waals surface area contributed by atoms with Crippen LogP contribution in [0.25, 0.3) is 0 Å². The number of hydrogen-bond donors (Lipinski definition) is 1. The molecule has 2 aromatic rings. The quantitative estimate of drug-likeness (QED) is 0.837. The third kappa shape index (κ3) is 5.61. The first-order valence-corrected chi connectivity index (χ1v) is 8.21. The zero-order valence-corrected chi connectivity index (χ0v) is 14.7. The number of benzene rings is 2. The molecule has 0 saturated heterocycles. The predicted molar refractivity (Wildman–Crippen MR) is 95.8 cm³/mol. The number of rotatable bonds is 7. The van der Waals surface area contributed by atoms with E-state index in [4.69, 9.17) is 9.47 Å². The van der Waals surface area contributed by atoms with Crippen LogP contribution in [0.2, 0.25) is 0 Å². The number of nitrogens with one attached hydrogen (secondary N) is 1. The molecule has 0 spiro atoms. The Kier molecular flexibility index (Phi) is 6.24. The zero-order valence-electron chi connectivity index (χ0n) is 14.7. The van der Waals surface area contributed by atoms with Crippen molar-refractivity contribution in [1.29, 1.82) is 0 Å². The Morgan fingerprint density at radius 1 is 0.958 bits per heavy atom. The van der Waals surface area contributed by atoms with E-state index in [0.717, 1.165) is 11.5 Å². The monoisotopic (exact) mass is 327 g/mol. The summed E-state index contributed by atoms with van der Waals surface area (Å²) in [5, 5.41) is 2.93. The van der Waals surface area contributed by atoms with E-state index in [9.17, 15) is 4.79 Å². The summed E-state index contributed by atoms with van der Waals surface area (Å²) in [5.74, 6) is 1.44. The van der Waals surface area contributed by atoms with Crippen molar-refractivity contribution in [2.45, 2.75) is 39.8 Å². The molecule has 0 heterocycles. The maximum Gasteiger partial charge on any atom is 0.251 e. The molecule has 4 heteroatoms. The van der Waals surface area contributed by atoms with Gasteiger partial charge in [-0.2, -0.15) is 0 Å². The first kappa shape index (κ1) is 17.9. The van der Waals surface area contributed by atoms with Gasteiger partial charge >= 0.3 is 0 Å². The molecule has 0 aliphatic carbocycles. The van der Waals surface area contributed by atoms with Gasteiger partial charge in [0.25, 0.3) is 5.91 Å². The summed E-state index contributed by atoms with van der Waals surface area (Å²) in [7, 11) is 0. The second-order valence-electron chi connectivity index (χ2n) is 6.19. The number of carbonyl (C=O) groups is 1. The molecular formula is C20H25NO3. The average Bonchev–Trinajstić information content (AvgIpc) is 2.54. The summed E-state index contributed by atoms with van der Waals surface area (Å²) in [4.78, 5) is 12.2. The smallest absolute Gasteiger partial charge is 0.251 e. The van der Waals surface area contributed by atoms with Crippen molar-refractivity contribution in [2.75, 3.05) is 6.61 Å². The average molecular weight is 327 g/mol. The number of carbonyl (C=O) groups excluding carboxylic acids is 1. The van der Waals surface area contributed by atoms with Gasteiger partial charge in [-0.15, -0.1) is 0 Å². The highest BCUT2D eigenvalue weighted by atomic mass is 16.5. The largest absolute Gasteiger partial charge is 0.491 e. The fraction of sp³-hybridized carbons (Fsp3) is 0.350. The molecule has 2 aromatic carbocycles. The van der Waals surface area contributed by atoms with Gasteiger partial charge in [-0.3, -0.25) is 4.79 Å². The molecule has 0 aromatic heterocycles. The van der Waals surface area contributed by atoms with Crippen LogP contribution in [0.3, 0.4) is 0 Å². The molecule has 0 radical (unpaired) electrons. The first-order valence-electron chi connectivity index (χ1n) is 8.21. The summed E-state index contributed by atoms with van der Waals surface area (Å²) in [6.07, 6.45) is 0.114. The van der Waals surface area contributed by atoms with Gasteiger partial charge in [0.05, 0.1) is 12.1 Å². The van der Waals surface area contributed by atoms with Crippen LogP contribution in [-0.4, -0.2) is 24.7 Å². The lowest BCUT2D eigenvalue weighted by Gasteiger charge is -2.15. The van der Waals surface area contributed by atoms with Crippen LogP contribution in [-0.2, 0) is 0 Å². The Bertz CT molecular complexity index is 648. The molecular weight excluding hydrogens is 302 g/mol. The van der Waals surface area contributed by atoms with Gasteiger partial charge in [0.15, 0.2) is 0 Å². The highest BCUT2D eigenvalue weighted by Gasteiger charge is 2.11. The van der Waals surface area contributed by atoms with Gasteiger partial charge in [-0.25, -0.2) is 0 Å². The van der Waals surface area contributed by atoms with E-state index < -0.39 is 0 Å². The van der Waals surface area contributed by atoms with Crippen molar-refractivity contribution in [2.24, 2.45) is 0 Å². The van der Waals surface area contributed by atoms with Gasteiger partial charge in [0.2, 0.25) is 0 Å². The molecule has 0 saturated carbocycles. The Balaban J connectivity index is 1.83. The van der Waals surface area contributed by atoms with Gasteiger partial charge in [-0.05, 0) is 64.1 Å². The van der Waals surface area contributed by atoms with Gasteiger partial charge < -0.3 is 14.8 Å². The molecule has 0 bridgehead atoms. The summed E-state index contributed by atoms with van der Waals surface area (Å²) in [6, 6.07) is 14.9. The van der Waals surface area contributed by atoms with Crippen molar-refractivity contribution < 1.29 is 14.3 Å². The molecule has 128 valence electrons. The highest BCUT2D eigenvalue weighted by Crippen LogP contribution is 2.14. The van der Waals surface area contributed by atoms with Crippen molar-refractivity contribution in [1.82, 2.24) is 5.32 Å². The van der Waals surface area contributed by atoms with Crippen molar-refractivity contribution >= 4 is 5.91 Å². The molecule has 2 rings (SSSR count). The molecule has 0 fully saturated rings. The van der Waals surface area contributed by atoms with E-state index in [2.05, 4.69) is 5.32 Å². The van der Waals surface area contributed by atoms with Crippen molar-refractivity contribution in [3.05, 3.63) is 59.7 Å². The lowest BCUT2D eigenvalue weighted by atomic mass is 10.2. The summed E-state index contributed by atoms with van der Waals surface area (Å²) in [5.41, 5.74) is 1.79. The standard InChI is InChI=1S/C20H25NO3/c1-14(2)24-19-11-7-17(8-12-19)20(22)21-16(4)13-23-18-9-5-15(3)6-10-18/h5-12,14,16H,13H2,1-4H3,(H,21,22)/t16-/m0/s1. The van der Waals surface area contributed by atoms with E-state index in [1.807, 2.05) is 64.1 Å². The molecule has 1 amide bonds. The maximum absolute atomic E-state index is 12.2. The number of aryl methyl sites for hydroxylation is 1. The Hall–Kier alpha value is -2.49. The molecule has 0 unspecified atom stereocenters. The topological polar surface area (TPSA) is 47.6 Å². The minimum atomic E-state index is -0.119. The van der Waals surface area contributed by atoms with Crippen LogP contribution in [0.5, 0.6) is 11.5 Å². The van der Waals surface area contributed by atoms with Crippen molar-refractivity contribution in [3.8, 4) is 11.5 Å².